The summed E-state index contributed by atoms with van der Waals surface area (Å²) < 4.78 is 2.65. The average molecular weight is 194 g/mol. The molecule has 0 amide bonds. The second-order valence-corrected chi connectivity index (χ2v) is 2.53. The van der Waals surface area contributed by atoms with Crippen LogP contribution >= 0.6 is 0 Å². The first-order valence-corrected chi connectivity index (χ1v) is 3.69. The van der Waals surface area contributed by atoms with Gasteiger partial charge in [0, 0.05) is 19.4 Å². The lowest BCUT2D eigenvalue weighted by atomic mass is 10.6. The van der Waals surface area contributed by atoms with Crippen LogP contribution in [0, 0.1) is 0 Å². The van der Waals surface area contributed by atoms with Crippen molar-refractivity contribution < 1.29 is 9.90 Å². The van der Waals surface area contributed by atoms with Crippen molar-refractivity contribution in [2.45, 2.75) is 0 Å². The zero-order chi connectivity index (χ0) is 10.1. The van der Waals surface area contributed by atoms with Gasteiger partial charge in [-0.15, -0.1) is 0 Å². The number of tetrazole rings is 1. The Kier molecular flexibility index (Phi) is 1.73. The minimum absolute atomic E-state index is 0.122. The lowest BCUT2D eigenvalue weighted by molar-refractivity contribution is 0.0681. The molecule has 1 N–H and O–H groups in total. The second-order valence-electron chi connectivity index (χ2n) is 2.53. The fraction of sp³-hybridized carbons (Fsp3) is 0.167. The van der Waals surface area contributed by atoms with Gasteiger partial charge < -0.3 is 5.11 Å². The van der Waals surface area contributed by atoms with Gasteiger partial charge in [0.05, 0.1) is 0 Å². The standard InChI is InChI=1S/C6H6N6O2/c1-11-6(8-9-10-11)12-3-2-7-4(12)5(13)14/h2-3H,1H3,(H,13,14). The molecule has 14 heavy (non-hydrogen) atoms. The molecule has 0 atom stereocenters. The van der Waals surface area contributed by atoms with Crippen molar-refractivity contribution in [3.8, 4) is 5.95 Å². The normalized spacial score (nSPS) is 10.4. The molecule has 0 aliphatic rings. The number of hydrogen-bond acceptors (Lipinski definition) is 5. The lowest BCUT2D eigenvalue weighted by Crippen LogP contribution is -2.11. The Bertz CT molecular complexity index is 472. The van der Waals surface area contributed by atoms with E-state index in [-0.39, 0.29) is 5.82 Å². The van der Waals surface area contributed by atoms with E-state index in [2.05, 4.69) is 20.5 Å². The van der Waals surface area contributed by atoms with Gasteiger partial charge in [-0.05, 0) is 10.4 Å². The van der Waals surface area contributed by atoms with Crippen LogP contribution < -0.4 is 0 Å². The van der Waals surface area contributed by atoms with Crippen molar-refractivity contribution in [3.05, 3.63) is 18.2 Å². The monoisotopic (exact) mass is 194 g/mol. The molecule has 0 saturated heterocycles. The number of carboxylic acid groups (broad SMARTS) is 1. The molecule has 2 heterocycles. The maximum atomic E-state index is 10.7. The van der Waals surface area contributed by atoms with Crippen LogP contribution in [0.4, 0.5) is 0 Å². The van der Waals surface area contributed by atoms with Crippen molar-refractivity contribution in [2.24, 2.45) is 7.05 Å². The van der Waals surface area contributed by atoms with E-state index < -0.39 is 5.97 Å². The van der Waals surface area contributed by atoms with Gasteiger partial charge in [-0.25, -0.2) is 14.5 Å². The minimum Gasteiger partial charge on any atom is -0.475 e. The van der Waals surface area contributed by atoms with Crippen LogP contribution in [0.15, 0.2) is 12.4 Å². The molecule has 0 saturated carbocycles. The van der Waals surface area contributed by atoms with Crippen molar-refractivity contribution in [1.82, 2.24) is 29.8 Å². The molecule has 0 aliphatic carbocycles. The molecule has 0 spiro atoms. The number of carboxylic acids is 1. The number of imidazole rings is 1. The fourth-order valence-electron chi connectivity index (χ4n) is 1.05. The summed E-state index contributed by atoms with van der Waals surface area (Å²) in [5.74, 6) is -0.944. The Hall–Kier alpha value is -2.25. The van der Waals surface area contributed by atoms with Gasteiger partial charge in [-0.3, -0.25) is 4.57 Å². The quantitative estimate of drug-likeness (QED) is 0.664. The summed E-state index contributed by atoms with van der Waals surface area (Å²) in [7, 11) is 1.61. The van der Waals surface area contributed by atoms with Crippen molar-refractivity contribution in [1.29, 1.82) is 0 Å². The molecule has 2 rings (SSSR count). The van der Waals surface area contributed by atoms with Crippen LogP contribution in [0.2, 0.25) is 0 Å². The Balaban J connectivity index is 2.57. The molecule has 8 nitrogen and oxygen atoms in total. The molecule has 0 unspecified atom stereocenters. The van der Waals surface area contributed by atoms with E-state index in [1.165, 1.54) is 21.6 Å². The smallest absolute Gasteiger partial charge is 0.372 e. The van der Waals surface area contributed by atoms with Crippen LogP contribution in [0.5, 0.6) is 0 Å². The SMILES string of the molecule is Cn1nnnc1-n1ccnc1C(=O)O. The fourth-order valence-corrected chi connectivity index (χ4v) is 1.05. The summed E-state index contributed by atoms with van der Waals surface area (Å²) in [4.78, 5) is 14.4. The summed E-state index contributed by atoms with van der Waals surface area (Å²) in [6.45, 7) is 0. The number of hydrogen-bond donors (Lipinski definition) is 1. The van der Waals surface area contributed by atoms with Gasteiger partial charge in [0.2, 0.25) is 5.82 Å². The first-order valence-electron chi connectivity index (χ1n) is 3.69. The molecule has 8 heteroatoms. The van der Waals surface area contributed by atoms with Crippen LogP contribution in [0.25, 0.3) is 5.95 Å². The number of carbonyl (C=O) groups is 1. The number of aromatic nitrogens is 6. The number of aryl methyl sites for hydroxylation is 1. The lowest BCUT2D eigenvalue weighted by Gasteiger charge is -2.00. The third kappa shape index (κ3) is 1.13. The van der Waals surface area contributed by atoms with E-state index in [1.54, 1.807) is 7.05 Å². The van der Waals surface area contributed by atoms with Crippen LogP contribution in [-0.2, 0) is 7.05 Å². The highest BCUT2D eigenvalue weighted by Crippen LogP contribution is 2.04. The van der Waals surface area contributed by atoms with E-state index >= 15 is 0 Å². The van der Waals surface area contributed by atoms with Gasteiger partial charge in [0.1, 0.15) is 0 Å². The maximum absolute atomic E-state index is 10.7. The van der Waals surface area contributed by atoms with Crippen molar-refractivity contribution >= 4 is 5.97 Å². The first-order chi connectivity index (χ1) is 6.70. The van der Waals surface area contributed by atoms with Gasteiger partial charge in [0.15, 0.2) is 0 Å². The minimum atomic E-state index is -1.13. The third-order valence-electron chi connectivity index (χ3n) is 1.65. The third-order valence-corrected chi connectivity index (χ3v) is 1.65. The largest absolute Gasteiger partial charge is 0.475 e. The second kappa shape index (κ2) is 2.91. The molecule has 0 radical (unpaired) electrons. The highest BCUT2D eigenvalue weighted by atomic mass is 16.4. The van der Waals surface area contributed by atoms with E-state index in [1.807, 2.05) is 0 Å². The molecule has 0 aromatic carbocycles. The molecular weight excluding hydrogens is 188 g/mol. The summed E-state index contributed by atoms with van der Waals surface area (Å²) in [5.41, 5.74) is 0. The molecular formula is C6H6N6O2. The predicted octanol–water partition coefficient (Wildman–Crippen LogP) is -0.906. The van der Waals surface area contributed by atoms with Crippen molar-refractivity contribution in [3.63, 3.8) is 0 Å². The Morgan fingerprint density at radius 2 is 2.36 bits per heavy atom. The van der Waals surface area contributed by atoms with Gasteiger partial charge in [-0.1, -0.05) is 5.10 Å². The zero-order valence-electron chi connectivity index (χ0n) is 7.19. The first kappa shape index (κ1) is 8.35. The number of aromatic carboxylic acids is 1. The Labute approximate surface area is 77.8 Å². The highest BCUT2D eigenvalue weighted by Gasteiger charge is 2.15. The predicted molar refractivity (Wildman–Crippen MR) is 42.9 cm³/mol. The van der Waals surface area contributed by atoms with Gasteiger partial charge >= 0.3 is 5.97 Å². The van der Waals surface area contributed by atoms with E-state index in [4.69, 9.17) is 5.11 Å². The van der Waals surface area contributed by atoms with Crippen LogP contribution in [-0.4, -0.2) is 40.8 Å². The summed E-state index contributed by atoms with van der Waals surface area (Å²) >= 11 is 0. The van der Waals surface area contributed by atoms with E-state index in [9.17, 15) is 4.79 Å². The van der Waals surface area contributed by atoms with Crippen LogP contribution in [0.3, 0.4) is 0 Å². The summed E-state index contributed by atoms with van der Waals surface area (Å²) in [6.07, 6.45) is 2.85. The molecule has 0 aliphatic heterocycles. The zero-order valence-corrected chi connectivity index (χ0v) is 7.19. The number of rotatable bonds is 2. The Morgan fingerprint density at radius 3 is 2.93 bits per heavy atom. The number of nitrogens with zero attached hydrogens (tertiary/aromatic N) is 6. The summed E-state index contributed by atoms with van der Waals surface area (Å²) in [6, 6.07) is 0. The van der Waals surface area contributed by atoms with Crippen molar-refractivity contribution in [2.75, 3.05) is 0 Å². The van der Waals surface area contributed by atoms with Crippen LogP contribution in [0.1, 0.15) is 10.6 Å². The molecule has 0 bridgehead atoms. The summed E-state index contributed by atoms with van der Waals surface area (Å²) in [5, 5.41) is 19.4. The topological polar surface area (TPSA) is 98.7 Å². The molecule has 2 aromatic heterocycles. The molecule has 0 fully saturated rings. The Morgan fingerprint density at radius 1 is 1.57 bits per heavy atom. The van der Waals surface area contributed by atoms with E-state index in [0.29, 0.717) is 5.95 Å². The van der Waals surface area contributed by atoms with Gasteiger partial charge in [0.25, 0.3) is 5.95 Å². The molecule has 2 aromatic rings. The maximum Gasteiger partial charge on any atom is 0.372 e. The van der Waals surface area contributed by atoms with E-state index in [0.717, 1.165) is 0 Å². The average Bonchev–Trinajstić information content (AvgIpc) is 2.70. The highest BCUT2D eigenvalue weighted by molar-refractivity contribution is 5.84. The molecule has 72 valence electrons. The van der Waals surface area contributed by atoms with Gasteiger partial charge in [-0.2, -0.15) is 0 Å².